The number of benzene rings is 2. The zero-order valence-electron chi connectivity index (χ0n) is 13.5. The summed E-state index contributed by atoms with van der Waals surface area (Å²) in [7, 11) is 0. The van der Waals surface area contributed by atoms with E-state index in [1.54, 1.807) is 6.07 Å². The lowest BCUT2D eigenvalue weighted by molar-refractivity contribution is -0.121. The molecule has 0 aliphatic carbocycles. The fourth-order valence-corrected chi connectivity index (χ4v) is 2.69. The van der Waals surface area contributed by atoms with Crippen molar-refractivity contribution in [2.45, 2.75) is 19.9 Å². The zero-order valence-corrected chi connectivity index (χ0v) is 13.5. The predicted octanol–water partition coefficient (Wildman–Crippen LogP) is 2.59. The second-order valence-corrected chi connectivity index (χ2v) is 5.49. The van der Waals surface area contributed by atoms with Crippen molar-refractivity contribution in [1.82, 2.24) is 15.1 Å². The number of aromatic nitrogens is 2. The number of carbonyl (C=O) groups excluding carboxylic acids is 1. The first-order valence-electron chi connectivity index (χ1n) is 8.02. The van der Waals surface area contributed by atoms with Crippen LogP contribution in [0.4, 0.5) is 0 Å². The van der Waals surface area contributed by atoms with Crippen molar-refractivity contribution in [3.8, 4) is 11.3 Å². The lowest BCUT2D eigenvalue weighted by atomic mass is 10.1. The molecule has 0 aliphatic heterocycles. The van der Waals surface area contributed by atoms with Crippen LogP contribution in [0.25, 0.3) is 22.0 Å². The minimum absolute atomic E-state index is 0.0828. The third-order valence-corrected chi connectivity index (χ3v) is 3.84. The van der Waals surface area contributed by atoms with Gasteiger partial charge in [-0.2, -0.15) is 5.10 Å². The van der Waals surface area contributed by atoms with Gasteiger partial charge in [-0.3, -0.25) is 9.59 Å². The summed E-state index contributed by atoms with van der Waals surface area (Å²) >= 11 is 0. The van der Waals surface area contributed by atoms with Crippen LogP contribution >= 0.6 is 0 Å². The minimum Gasteiger partial charge on any atom is -0.356 e. The minimum atomic E-state index is -0.172. The Balaban J connectivity index is 2.09. The second-order valence-electron chi connectivity index (χ2n) is 5.49. The highest BCUT2D eigenvalue weighted by Gasteiger charge is 2.12. The highest BCUT2D eigenvalue weighted by molar-refractivity contribution is 5.93. The quantitative estimate of drug-likeness (QED) is 0.785. The van der Waals surface area contributed by atoms with Crippen LogP contribution < -0.4 is 10.9 Å². The molecule has 2 aromatic carbocycles. The largest absolute Gasteiger partial charge is 0.356 e. The van der Waals surface area contributed by atoms with Gasteiger partial charge >= 0.3 is 0 Å². The van der Waals surface area contributed by atoms with Crippen LogP contribution in [0.15, 0.2) is 59.4 Å². The Kier molecular flexibility index (Phi) is 4.70. The van der Waals surface area contributed by atoms with Crippen molar-refractivity contribution in [2.24, 2.45) is 0 Å². The Labute approximate surface area is 139 Å². The fourth-order valence-electron chi connectivity index (χ4n) is 2.69. The maximum atomic E-state index is 12.7. The summed E-state index contributed by atoms with van der Waals surface area (Å²) in [4.78, 5) is 24.3. The van der Waals surface area contributed by atoms with Crippen molar-refractivity contribution in [3.63, 3.8) is 0 Å². The SMILES string of the molecule is CCNC(=O)CCn1nc(-c2ccccc2)c2ccccc2c1=O. The lowest BCUT2D eigenvalue weighted by Gasteiger charge is -2.11. The number of amides is 1. The molecular weight excluding hydrogens is 302 g/mol. The van der Waals surface area contributed by atoms with E-state index in [1.165, 1.54) is 4.68 Å². The summed E-state index contributed by atoms with van der Waals surface area (Å²) in [6.07, 6.45) is 0.229. The molecule has 3 aromatic rings. The van der Waals surface area contributed by atoms with Crippen LogP contribution in [0.2, 0.25) is 0 Å². The molecule has 1 N–H and O–H groups in total. The van der Waals surface area contributed by atoms with E-state index >= 15 is 0 Å². The molecule has 0 bridgehead atoms. The molecule has 0 atom stereocenters. The average Bonchev–Trinajstić information content (AvgIpc) is 2.62. The van der Waals surface area contributed by atoms with Crippen LogP contribution in [0.5, 0.6) is 0 Å². The molecule has 5 nitrogen and oxygen atoms in total. The molecule has 0 radical (unpaired) electrons. The maximum Gasteiger partial charge on any atom is 0.274 e. The molecule has 3 rings (SSSR count). The number of hydrogen-bond donors (Lipinski definition) is 1. The number of carbonyl (C=O) groups is 1. The first-order chi connectivity index (χ1) is 11.7. The van der Waals surface area contributed by atoms with Gasteiger partial charge in [0.05, 0.1) is 17.6 Å². The number of nitrogens with zero attached hydrogens (tertiary/aromatic N) is 2. The number of hydrogen-bond acceptors (Lipinski definition) is 3. The monoisotopic (exact) mass is 321 g/mol. The van der Waals surface area contributed by atoms with E-state index in [4.69, 9.17) is 0 Å². The molecule has 1 heterocycles. The molecule has 0 fully saturated rings. The van der Waals surface area contributed by atoms with E-state index in [9.17, 15) is 9.59 Å². The standard InChI is InChI=1S/C19H19N3O2/c1-2-20-17(23)12-13-22-19(24)16-11-7-6-10-15(16)18(21-22)14-8-4-3-5-9-14/h3-11H,2,12-13H2,1H3,(H,20,23). The summed E-state index contributed by atoms with van der Waals surface area (Å²) in [6.45, 7) is 2.70. The number of aryl methyl sites for hydroxylation is 1. The molecule has 0 aliphatic rings. The van der Waals surface area contributed by atoms with Crippen LogP contribution in [-0.2, 0) is 11.3 Å². The smallest absolute Gasteiger partial charge is 0.274 e. The van der Waals surface area contributed by atoms with Gasteiger partial charge in [0.25, 0.3) is 5.56 Å². The van der Waals surface area contributed by atoms with Crippen molar-refractivity contribution in [2.75, 3.05) is 6.54 Å². The first kappa shape index (κ1) is 15.9. The predicted molar refractivity (Wildman–Crippen MR) is 94.7 cm³/mol. The first-order valence-corrected chi connectivity index (χ1v) is 8.02. The van der Waals surface area contributed by atoms with Gasteiger partial charge in [0.2, 0.25) is 5.91 Å². The molecule has 5 heteroatoms. The molecular formula is C19H19N3O2. The molecule has 0 saturated carbocycles. The van der Waals surface area contributed by atoms with Gasteiger partial charge in [-0.05, 0) is 13.0 Å². The molecule has 0 saturated heterocycles. The number of fused-ring (bicyclic) bond motifs is 1. The molecule has 1 aromatic heterocycles. The van der Waals surface area contributed by atoms with E-state index in [0.29, 0.717) is 11.9 Å². The molecule has 24 heavy (non-hydrogen) atoms. The average molecular weight is 321 g/mol. The summed E-state index contributed by atoms with van der Waals surface area (Å²) in [6, 6.07) is 17.2. The Morgan fingerprint density at radius 1 is 1.04 bits per heavy atom. The number of nitrogens with one attached hydrogen (secondary N) is 1. The Morgan fingerprint density at radius 2 is 1.71 bits per heavy atom. The van der Waals surface area contributed by atoms with Gasteiger partial charge in [-0.1, -0.05) is 48.5 Å². The molecule has 122 valence electrons. The van der Waals surface area contributed by atoms with E-state index < -0.39 is 0 Å². The van der Waals surface area contributed by atoms with Gasteiger partial charge in [0.1, 0.15) is 0 Å². The highest BCUT2D eigenvalue weighted by atomic mass is 16.2. The van der Waals surface area contributed by atoms with E-state index in [-0.39, 0.29) is 24.4 Å². The summed E-state index contributed by atoms with van der Waals surface area (Å²) < 4.78 is 1.39. The normalized spacial score (nSPS) is 10.7. The molecule has 0 spiro atoms. The van der Waals surface area contributed by atoms with Gasteiger partial charge in [-0.25, -0.2) is 4.68 Å². The lowest BCUT2D eigenvalue weighted by Crippen LogP contribution is -2.29. The van der Waals surface area contributed by atoms with Crippen molar-refractivity contribution < 1.29 is 4.79 Å². The van der Waals surface area contributed by atoms with Crippen molar-refractivity contribution in [3.05, 3.63) is 65.0 Å². The number of rotatable bonds is 5. The van der Waals surface area contributed by atoms with Crippen LogP contribution in [0.1, 0.15) is 13.3 Å². The van der Waals surface area contributed by atoms with Crippen molar-refractivity contribution >= 4 is 16.7 Å². The second kappa shape index (κ2) is 7.08. The van der Waals surface area contributed by atoms with Crippen LogP contribution in [0, 0.1) is 0 Å². The van der Waals surface area contributed by atoms with Crippen LogP contribution in [-0.4, -0.2) is 22.2 Å². The van der Waals surface area contributed by atoms with E-state index in [1.807, 2.05) is 55.5 Å². The zero-order chi connectivity index (χ0) is 16.9. The maximum absolute atomic E-state index is 12.7. The third-order valence-electron chi connectivity index (χ3n) is 3.84. The topological polar surface area (TPSA) is 64.0 Å². The van der Waals surface area contributed by atoms with Gasteiger partial charge in [0.15, 0.2) is 0 Å². The van der Waals surface area contributed by atoms with E-state index in [2.05, 4.69) is 10.4 Å². The molecule has 1 amide bonds. The van der Waals surface area contributed by atoms with Gasteiger partial charge in [-0.15, -0.1) is 0 Å². The molecule has 0 unspecified atom stereocenters. The third kappa shape index (κ3) is 3.20. The van der Waals surface area contributed by atoms with Crippen molar-refractivity contribution in [1.29, 1.82) is 0 Å². The van der Waals surface area contributed by atoms with E-state index in [0.717, 1.165) is 16.6 Å². The summed E-state index contributed by atoms with van der Waals surface area (Å²) in [5.41, 5.74) is 1.52. The Bertz CT molecular complexity index is 917. The van der Waals surface area contributed by atoms with Crippen LogP contribution in [0.3, 0.4) is 0 Å². The Morgan fingerprint density at radius 3 is 2.42 bits per heavy atom. The summed E-state index contributed by atoms with van der Waals surface area (Å²) in [5, 5.41) is 8.70. The highest BCUT2D eigenvalue weighted by Crippen LogP contribution is 2.24. The Hall–Kier alpha value is -2.95. The fraction of sp³-hybridized carbons (Fsp3) is 0.211. The van der Waals surface area contributed by atoms with Gasteiger partial charge in [0, 0.05) is 23.9 Å². The van der Waals surface area contributed by atoms with Gasteiger partial charge < -0.3 is 5.32 Å². The summed E-state index contributed by atoms with van der Waals surface area (Å²) in [5.74, 6) is -0.0828.